The van der Waals surface area contributed by atoms with Crippen molar-refractivity contribution < 1.29 is 8.78 Å². The number of benzene rings is 1. The number of hydrogen-bond acceptors (Lipinski definition) is 2. The van der Waals surface area contributed by atoms with Crippen LogP contribution in [0.15, 0.2) is 41.1 Å². The fraction of sp³-hybridized carbons (Fsp3) is 0.312. The lowest BCUT2D eigenvalue weighted by Gasteiger charge is -2.19. The van der Waals surface area contributed by atoms with E-state index in [0.29, 0.717) is 0 Å². The highest BCUT2D eigenvalue weighted by molar-refractivity contribution is 9.10. The number of aromatic nitrogens is 1. The van der Waals surface area contributed by atoms with E-state index in [1.54, 1.807) is 12.4 Å². The normalized spacial score (nSPS) is 12.4. The first kappa shape index (κ1) is 16.0. The summed E-state index contributed by atoms with van der Waals surface area (Å²) in [6, 6.07) is 5.69. The monoisotopic (exact) mass is 354 g/mol. The summed E-state index contributed by atoms with van der Waals surface area (Å²) in [6.07, 6.45) is 4.59. The molecule has 0 fully saturated rings. The van der Waals surface area contributed by atoms with E-state index in [1.165, 1.54) is 18.2 Å². The van der Waals surface area contributed by atoms with Crippen LogP contribution in [0.4, 0.5) is 8.78 Å². The van der Waals surface area contributed by atoms with Crippen molar-refractivity contribution in [1.82, 2.24) is 10.3 Å². The van der Waals surface area contributed by atoms with Crippen LogP contribution in [0.1, 0.15) is 30.5 Å². The van der Waals surface area contributed by atoms with Gasteiger partial charge in [-0.3, -0.25) is 4.98 Å². The van der Waals surface area contributed by atoms with E-state index < -0.39 is 11.6 Å². The molecule has 0 saturated heterocycles. The predicted molar refractivity (Wildman–Crippen MR) is 83.0 cm³/mol. The lowest BCUT2D eigenvalue weighted by Crippen LogP contribution is -2.25. The average Bonchev–Trinajstić information content (AvgIpc) is 2.46. The van der Waals surface area contributed by atoms with E-state index in [0.717, 1.165) is 23.0 Å². The van der Waals surface area contributed by atoms with Gasteiger partial charge < -0.3 is 5.32 Å². The summed E-state index contributed by atoms with van der Waals surface area (Å²) < 4.78 is 28.5. The second-order valence-electron chi connectivity index (χ2n) is 4.85. The number of pyridine rings is 1. The van der Waals surface area contributed by atoms with Gasteiger partial charge in [-0.2, -0.15) is 0 Å². The largest absolute Gasteiger partial charge is 0.310 e. The molecular formula is C16H17BrF2N2. The summed E-state index contributed by atoms with van der Waals surface area (Å²) in [5.41, 5.74) is 1.01. The smallest absolute Gasteiger partial charge is 0.129 e. The summed E-state index contributed by atoms with van der Waals surface area (Å²) in [6.45, 7) is 2.82. The first-order valence-corrected chi connectivity index (χ1v) is 7.67. The molecular weight excluding hydrogens is 338 g/mol. The van der Waals surface area contributed by atoms with Gasteiger partial charge in [0.15, 0.2) is 0 Å². The Morgan fingerprint density at radius 1 is 1.24 bits per heavy atom. The van der Waals surface area contributed by atoms with Gasteiger partial charge in [-0.25, -0.2) is 8.78 Å². The van der Waals surface area contributed by atoms with Gasteiger partial charge in [0, 0.05) is 28.5 Å². The Labute approximate surface area is 131 Å². The summed E-state index contributed by atoms with van der Waals surface area (Å²) in [4.78, 5) is 4.13. The number of halogens is 3. The zero-order chi connectivity index (χ0) is 15.2. The topological polar surface area (TPSA) is 24.9 Å². The number of hydrogen-bond donors (Lipinski definition) is 1. The SMILES string of the molecule is CCCNC(Cc1c(F)cccc1F)c1cncc(Br)c1. The van der Waals surface area contributed by atoms with Crippen LogP contribution in [0.5, 0.6) is 0 Å². The molecule has 0 bridgehead atoms. The molecule has 1 aromatic carbocycles. The molecule has 112 valence electrons. The number of rotatable bonds is 6. The highest BCUT2D eigenvalue weighted by Gasteiger charge is 2.17. The maximum absolute atomic E-state index is 13.8. The molecule has 5 heteroatoms. The van der Waals surface area contributed by atoms with Gasteiger partial charge >= 0.3 is 0 Å². The number of nitrogens with zero attached hydrogens (tertiary/aromatic N) is 1. The van der Waals surface area contributed by atoms with Crippen molar-refractivity contribution in [2.75, 3.05) is 6.54 Å². The molecule has 2 aromatic rings. The zero-order valence-corrected chi connectivity index (χ0v) is 13.3. The molecule has 0 radical (unpaired) electrons. The lowest BCUT2D eigenvalue weighted by molar-refractivity contribution is 0.489. The highest BCUT2D eigenvalue weighted by atomic mass is 79.9. The van der Waals surface area contributed by atoms with Gasteiger partial charge in [0.2, 0.25) is 0 Å². The summed E-state index contributed by atoms with van der Waals surface area (Å²) in [7, 11) is 0. The quantitative estimate of drug-likeness (QED) is 0.831. The first-order valence-electron chi connectivity index (χ1n) is 6.88. The van der Waals surface area contributed by atoms with Gasteiger partial charge in [-0.1, -0.05) is 13.0 Å². The fourth-order valence-electron chi connectivity index (χ4n) is 2.18. The molecule has 0 aliphatic heterocycles. The third-order valence-electron chi connectivity index (χ3n) is 3.24. The Hall–Kier alpha value is -1.33. The van der Waals surface area contributed by atoms with Crippen LogP contribution < -0.4 is 5.32 Å². The standard InChI is InChI=1S/C16H17BrF2N2/c1-2-6-21-16(11-7-12(17)10-20-9-11)8-13-14(18)4-3-5-15(13)19/h3-5,7,9-10,16,21H,2,6,8H2,1H3. The van der Waals surface area contributed by atoms with Gasteiger partial charge in [0.1, 0.15) is 11.6 Å². The van der Waals surface area contributed by atoms with Crippen LogP contribution in [-0.4, -0.2) is 11.5 Å². The molecule has 0 saturated carbocycles. The van der Waals surface area contributed by atoms with Gasteiger partial charge in [-0.15, -0.1) is 0 Å². The third-order valence-corrected chi connectivity index (χ3v) is 3.67. The van der Waals surface area contributed by atoms with Crippen molar-refractivity contribution in [3.8, 4) is 0 Å². The van der Waals surface area contributed by atoms with Crippen molar-refractivity contribution in [2.45, 2.75) is 25.8 Å². The highest BCUT2D eigenvalue weighted by Crippen LogP contribution is 2.23. The lowest BCUT2D eigenvalue weighted by atomic mass is 9.99. The van der Waals surface area contributed by atoms with Crippen molar-refractivity contribution in [1.29, 1.82) is 0 Å². The van der Waals surface area contributed by atoms with E-state index in [1.807, 2.05) is 13.0 Å². The summed E-state index contributed by atoms with van der Waals surface area (Å²) in [5.74, 6) is -1.03. The molecule has 1 aromatic heterocycles. The van der Waals surface area contributed by atoms with Crippen molar-refractivity contribution in [2.24, 2.45) is 0 Å². The van der Waals surface area contributed by atoms with Gasteiger partial charge in [-0.05, 0) is 59.1 Å². The summed E-state index contributed by atoms with van der Waals surface area (Å²) in [5, 5.41) is 3.32. The van der Waals surface area contributed by atoms with Crippen molar-refractivity contribution in [3.63, 3.8) is 0 Å². The molecule has 1 heterocycles. The van der Waals surface area contributed by atoms with E-state index in [2.05, 4.69) is 26.2 Å². The Morgan fingerprint density at radius 2 is 1.95 bits per heavy atom. The van der Waals surface area contributed by atoms with Crippen LogP contribution in [0.3, 0.4) is 0 Å². The first-order chi connectivity index (χ1) is 10.1. The van der Waals surface area contributed by atoms with Crippen LogP contribution in [-0.2, 0) is 6.42 Å². The molecule has 1 atom stereocenters. The van der Waals surface area contributed by atoms with E-state index in [4.69, 9.17) is 0 Å². The van der Waals surface area contributed by atoms with Crippen LogP contribution >= 0.6 is 15.9 Å². The van der Waals surface area contributed by atoms with Gasteiger partial charge in [0.05, 0.1) is 0 Å². The molecule has 0 amide bonds. The molecule has 1 unspecified atom stereocenters. The van der Waals surface area contributed by atoms with Crippen LogP contribution in [0, 0.1) is 11.6 Å². The molecule has 1 N–H and O–H groups in total. The predicted octanol–water partition coefficient (Wildman–Crippen LogP) is 4.41. The minimum absolute atomic E-state index is 0.103. The molecule has 0 spiro atoms. The molecule has 0 aliphatic rings. The molecule has 0 aliphatic carbocycles. The minimum Gasteiger partial charge on any atom is -0.310 e. The van der Waals surface area contributed by atoms with Crippen molar-refractivity contribution in [3.05, 3.63) is 63.9 Å². The Kier molecular flexibility index (Phi) is 5.82. The second kappa shape index (κ2) is 7.61. The van der Waals surface area contributed by atoms with E-state index in [9.17, 15) is 8.78 Å². The third kappa shape index (κ3) is 4.32. The summed E-state index contributed by atoms with van der Waals surface area (Å²) >= 11 is 3.37. The Bertz CT molecular complexity index is 584. The van der Waals surface area contributed by atoms with Crippen LogP contribution in [0.2, 0.25) is 0 Å². The average molecular weight is 355 g/mol. The maximum Gasteiger partial charge on any atom is 0.129 e. The fourth-order valence-corrected chi connectivity index (χ4v) is 2.56. The molecule has 2 nitrogen and oxygen atoms in total. The van der Waals surface area contributed by atoms with Crippen molar-refractivity contribution >= 4 is 15.9 Å². The molecule has 2 rings (SSSR count). The van der Waals surface area contributed by atoms with Gasteiger partial charge in [0.25, 0.3) is 0 Å². The second-order valence-corrected chi connectivity index (χ2v) is 5.76. The Balaban J connectivity index is 2.28. The number of nitrogens with one attached hydrogen (secondary N) is 1. The maximum atomic E-state index is 13.8. The van der Waals surface area contributed by atoms with E-state index >= 15 is 0 Å². The zero-order valence-electron chi connectivity index (χ0n) is 11.7. The minimum atomic E-state index is -0.513. The Morgan fingerprint density at radius 3 is 2.57 bits per heavy atom. The molecule has 21 heavy (non-hydrogen) atoms. The van der Waals surface area contributed by atoms with E-state index in [-0.39, 0.29) is 18.0 Å². The van der Waals surface area contributed by atoms with Crippen LogP contribution in [0.25, 0.3) is 0 Å².